The molecule has 21 heavy (non-hydrogen) atoms. The molecule has 4 nitrogen and oxygen atoms in total. The van der Waals surface area contributed by atoms with Gasteiger partial charge in [0.1, 0.15) is 6.10 Å². The molecule has 0 spiro atoms. The maximum atomic E-state index is 12.2. The fourth-order valence-corrected chi connectivity index (χ4v) is 1.78. The molecule has 0 aliphatic rings. The fourth-order valence-electron chi connectivity index (χ4n) is 1.78. The number of rotatable bonds is 9. The highest BCUT2D eigenvalue weighted by Crippen LogP contribution is 2.06. The smallest absolute Gasteiger partial charge is 0.249 e. The minimum Gasteiger partial charge on any atom is -0.364 e. The first kappa shape index (κ1) is 17.1. The first-order valence-corrected chi connectivity index (χ1v) is 7.17. The third-order valence-corrected chi connectivity index (χ3v) is 2.88. The highest BCUT2D eigenvalue weighted by molar-refractivity contribution is 5.81. The molecule has 0 bridgehead atoms. The number of benzene rings is 1. The lowest BCUT2D eigenvalue weighted by molar-refractivity contribution is -0.131. The van der Waals surface area contributed by atoms with Gasteiger partial charge in [-0.2, -0.15) is 0 Å². The summed E-state index contributed by atoms with van der Waals surface area (Å²) in [6.07, 6.45) is 7.51. The average Bonchev–Trinajstić information content (AvgIpc) is 2.51. The van der Waals surface area contributed by atoms with Crippen molar-refractivity contribution < 1.29 is 9.53 Å². The van der Waals surface area contributed by atoms with E-state index in [1.54, 1.807) is 0 Å². The Kier molecular flexibility index (Phi) is 8.84. The molecule has 0 saturated carbocycles. The molecule has 1 aromatic rings. The van der Waals surface area contributed by atoms with Crippen LogP contribution < -0.4 is 11.1 Å². The van der Waals surface area contributed by atoms with E-state index in [4.69, 9.17) is 10.5 Å². The maximum absolute atomic E-state index is 12.2. The summed E-state index contributed by atoms with van der Waals surface area (Å²) < 4.78 is 5.66. The molecule has 3 N–H and O–H groups in total. The predicted molar refractivity (Wildman–Crippen MR) is 85.9 cm³/mol. The Labute approximate surface area is 126 Å². The summed E-state index contributed by atoms with van der Waals surface area (Å²) in [6.45, 7) is 3.29. The molecule has 0 fully saturated rings. The van der Waals surface area contributed by atoms with Gasteiger partial charge in [-0.1, -0.05) is 54.6 Å². The Morgan fingerprint density at radius 1 is 1.29 bits per heavy atom. The standard InChI is InChI=1S/C17H24N2O2/c1-2-3-13-21-16(14-15-9-5-4-6-10-15)17(20)19-12-8-7-11-18/h2-10,16H,11-14,18H2,1H3,(H,19,20)/b3-2+,8-7+. The van der Waals surface area contributed by atoms with Gasteiger partial charge >= 0.3 is 0 Å². The number of nitrogens with one attached hydrogen (secondary N) is 1. The second-order valence-electron chi connectivity index (χ2n) is 4.53. The second-order valence-corrected chi connectivity index (χ2v) is 4.53. The van der Waals surface area contributed by atoms with E-state index in [1.165, 1.54) is 0 Å². The normalized spacial score (nSPS) is 12.9. The Morgan fingerprint density at radius 3 is 2.71 bits per heavy atom. The number of amides is 1. The van der Waals surface area contributed by atoms with Crippen LogP contribution in [0.15, 0.2) is 54.6 Å². The van der Waals surface area contributed by atoms with E-state index < -0.39 is 6.10 Å². The minimum atomic E-state index is -0.491. The van der Waals surface area contributed by atoms with Crippen molar-refractivity contribution in [2.45, 2.75) is 19.4 Å². The van der Waals surface area contributed by atoms with Crippen molar-refractivity contribution in [3.05, 3.63) is 60.2 Å². The average molecular weight is 288 g/mol. The number of hydrogen-bond donors (Lipinski definition) is 2. The van der Waals surface area contributed by atoms with Gasteiger partial charge in [0.25, 0.3) is 0 Å². The monoisotopic (exact) mass is 288 g/mol. The van der Waals surface area contributed by atoms with Gasteiger partial charge in [-0.3, -0.25) is 4.79 Å². The molecule has 0 heterocycles. The minimum absolute atomic E-state index is 0.106. The van der Waals surface area contributed by atoms with E-state index in [0.717, 1.165) is 5.56 Å². The summed E-state index contributed by atoms with van der Waals surface area (Å²) in [5, 5.41) is 2.83. The molecule has 1 amide bonds. The van der Waals surface area contributed by atoms with Crippen LogP contribution in [-0.2, 0) is 16.0 Å². The van der Waals surface area contributed by atoms with Gasteiger partial charge in [0.15, 0.2) is 0 Å². The lowest BCUT2D eigenvalue weighted by atomic mass is 10.1. The van der Waals surface area contributed by atoms with E-state index in [2.05, 4.69) is 5.32 Å². The van der Waals surface area contributed by atoms with Crippen LogP contribution in [0.25, 0.3) is 0 Å². The van der Waals surface area contributed by atoms with Crippen LogP contribution in [0.4, 0.5) is 0 Å². The number of carbonyl (C=O) groups is 1. The van der Waals surface area contributed by atoms with Gasteiger partial charge in [0.2, 0.25) is 5.91 Å². The molecular weight excluding hydrogens is 264 g/mol. The molecule has 114 valence electrons. The summed E-state index contributed by atoms with van der Waals surface area (Å²) in [4.78, 5) is 12.2. The summed E-state index contributed by atoms with van der Waals surface area (Å²) in [7, 11) is 0. The zero-order valence-corrected chi connectivity index (χ0v) is 12.5. The summed E-state index contributed by atoms with van der Waals surface area (Å²) >= 11 is 0. The van der Waals surface area contributed by atoms with Crippen molar-refractivity contribution in [1.29, 1.82) is 0 Å². The van der Waals surface area contributed by atoms with Crippen LogP contribution in [0.1, 0.15) is 12.5 Å². The molecule has 1 unspecified atom stereocenters. The first-order valence-electron chi connectivity index (χ1n) is 7.17. The summed E-state index contributed by atoms with van der Waals surface area (Å²) in [5.74, 6) is -0.106. The van der Waals surface area contributed by atoms with E-state index in [1.807, 2.05) is 61.6 Å². The van der Waals surface area contributed by atoms with Gasteiger partial charge in [-0.15, -0.1) is 0 Å². The number of ether oxygens (including phenoxy) is 1. The van der Waals surface area contributed by atoms with E-state index in [9.17, 15) is 4.79 Å². The van der Waals surface area contributed by atoms with Gasteiger partial charge in [-0.05, 0) is 12.5 Å². The van der Waals surface area contributed by atoms with E-state index in [-0.39, 0.29) is 5.91 Å². The van der Waals surface area contributed by atoms with Crippen LogP contribution in [0.5, 0.6) is 0 Å². The molecular formula is C17H24N2O2. The quantitative estimate of drug-likeness (QED) is 0.681. The molecule has 0 aliphatic heterocycles. The van der Waals surface area contributed by atoms with Gasteiger partial charge in [0.05, 0.1) is 6.61 Å². The van der Waals surface area contributed by atoms with E-state index in [0.29, 0.717) is 26.1 Å². The van der Waals surface area contributed by atoms with Crippen molar-refractivity contribution in [2.75, 3.05) is 19.7 Å². The van der Waals surface area contributed by atoms with Crippen molar-refractivity contribution in [3.63, 3.8) is 0 Å². The van der Waals surface area contributed by atoms with Crippen molar-refractivity contribution >= 4 is 5.91 Å². The molecule has 1 rings (SSSR count). The molecule has 0 saturated heterocycles. The Morgan fingerprint density at radius 2 is 2.05 bits per heavy atom. The number of allylic oxidation sites excluding steroid dienone is 1. The third-order valence-electron chi connectivity index (χ3n) is 2.88. The molecule has 0 aliphatic carbocycles. The lowest BCUT2D eigenvalue weighted by Gasteiger charge is -2.16. The van der Waals surface area contributed by atoms with Crippen LogP contribution in [-0.4, -0.2) is 31.7 Å². The fraction of sp³-hybridized carbons (Fsp3) is 0.353. The Bertz CT molecular complexity index is 455. The predicted octanol–water partition coefficient (Wildman–Crippen LogP) is 1.82. The first-order chi connectivity index (χ1) is 10.3. The van der Waals surface area contributed by atoms with Crippen LogP contribution in [0.3, 0.4) is 0 Å². The molecule has 0 radical (unpaired) electrons. The molecule has 1 aromatic carbocycles. The van der Waals surface area contributed by atoms with Crippen molar-refractivity contribution in [3.8, 4) is 0 Å². The molecule has 1 atom stereocenters. The van der Waals surface area contributed by atoms with Crippen LogP contribution in [0, 0.1) is 0 Å². The molecule has 0 aromatic heterocycles. The Balaban J connectivity index is 2.58. The number of nitrogens with two attached hydrogens (primary N) is 1. The summed E-state index contributed by atoms with van der Waals surface area (Å²) in [5.41, 5.74) is 6.44. The Hall–Kier alpha value is -1.91. The van der Waals surface area contributed by atoms with Gasteiger partial charge in [-0.25, -0.2) is 0 Å². The molecule has 4 heteroatoms. The van der Waals surface area contributed by atoms with E-state index >= 15 is 0 Å². The van der Waals surface area contributed by atoms with Crippen LogP contribution in [0.2, 0.25) is 0 Å². The second kappa shape index (κ2) is 10.8. The van der Waals surface area contributed by atoms with Crippen molar-refractivity contribution in [1.82, 2.24) is 5.32 Å². The van der Waals surface area contributed by atoms with Crippen LogP contribution >= 0.6 is 0 Å². The number of hydrogen-bond acceptors (Lipinski definition) is 3. The van der Waals surface area contributed by atoms with Gasteiger partial charge < -0.3 is 15.8 Å². The highest BCUT2D eigenvalue weighted by atomic mass is 16.5. The van der Waals surface area contributed by atoms with Crippen molar-refractivity contribution in [2.24, 2.45) is 5.73 Å². The van der Waals surface area contributed by atoms with Gasteiger partial charge in [0, 0.05) is 19.5 Å². The SMILES string of the molecule is C/C=C/COC(Cc1ccccc1)C(=O)NC/C=C/CN. The maximum Gasteiger partial charge on any atom is 0.249 e. The largest absolute Gasteiger partial charge is 0.364 e. The zero-order valence-electron chi connectivity index (χ0n) is 12.5. The summed E-state index contributed by atoms with van der Waals surface area (Å²) in [6, 6.07) is 9.86. The number of carbonyl (C=O) groups excluding carboxylic acids is 1. The zero-order chi connectivity index (χ0) is 15.3. The third kappa shape index (κ3) is 7.44. The lowest BCUT2D eigenvalue weighted by Crippen LogP contribution is -2.38. The highest BCUT2D eigenvalue weighted by Gasteiger charge is 2.18. The topological polar surface area (TPSA) is 64.3 Å².